The quantitative estimate of drug-likeness (QED) is 0.848. The Bertz CT molecular complexity index is 442. The van der Waals surface area contributed by atoms with Gasteiger partial charge in [0.1, 0.15) is 0 Å². The fraction of sp³-hybridized carbons (Fsp3) is 0.889. The fourth-order valence-electron chi connectivity index (χ4n) is 3.91. The summed E-state index contributed by atoms with van der Waals surface area (Å²) in [5.74, 6) is 2.96. The SMILES string of the molecule is C[C@@H]1C[C@@H]1C(=O)NC1CCC(CN(C)C(=O)[C@H]2C[C@@H]2C)CC1. The molecule has 0 heterocycles. The van der Waals surface area contributed by atoms with Gasteiger partial charge in [-0.25, -0.2) is 0 Å². The normalized spacial score (nSPS) is 40.0. The molecule has 0 aliphatic heterocycles. The second-order valence-electron chi connectivity index (χ2n) is 8.08. The van der Waals surface area contributed by atoms with Crippen LogP contribution in [0.15, 0.2) is 0 Å². The van der Waals surface area contributed by atoms with Crippen molar-refractivity contribution in [3.8, 4) is 0 Å². The van der Waals surface area contributed by atoms with Gasteiger partial charge in [0.15, 0.2) is 0 Å². The third kappa shape index (κ3) is 3.64. The molecule has 3 aliphatic rings. The van der Waals surface area contributed by atoms with Crippen LogP contribution in [0.3, 0.4) is 0 Å². The number of nitrogens with one attached hydrogen (secondary N) is 1. The van der Waals surface area contributed by atoms with Crippen molar-refractivity contribution in [1.29, 1.82) is 0 Å². The fourth-order valence-corrected chi connectivity index (χ4v) is 3.91. The van der Waals surface area contributed by atoms with Gasteiger partial charge in [-0.15, -0.1) is 0 Å². The molecule has 0 spiro atoms. The van der Waals surface area contributed by atoms with E-state index < -0.39 is 0 Å². The van der Waals surface area contributed by atoms with E-state index in [1.165, 1.54) is 0 Å². The van der Waals surface area contributed by atoms with E-state index in [1.807, 2.05) is 11.9 Å². The number of hydrogen-bond acceptors (Lipinski definition) is 2. The first-order valence-electron chi connectivity index (χ1n) is 9.01. The van der Waals surface area contributed by atoms with Gasteiger partial charge >= 0.3 is 0 Å². The van der Waals surface area contributed by atoms with Gasteiger partial charge in [-0.05, 0) is 56.3 Å². The molecule has 3 saturated carbocycles. The largest absolute Gasteiger partial charge is 0.353 e. The maximum atomic E-state index is 12.2. The van der Waals surface area contributed by atoms with Gasteiger partial charge in [0.2, 0.25) is 11.8 Å². The molecule has 0 aromatic rings. The molecule has 1 N–H and O–H groups in total. The third-order valence-electron chi connectivity index (χ3n) is 5.97. The monoisotopic (exact) mass is 306 g/mol. The van der Waals surface area contributed by atoms with Crippen LogP contribution in [-0.4, -0.2) is 36.3 Å². The predicted octanol–water partition coefficient (Wildman–Crippen LogP) is 2.43. The van der Waals surface area contributed by atoms with E-state index in [0.717, 1.165) is 45.1 Å². The highest BCUT2D eigenvalue weighted by Crippen LogP contribution is 2.40. The highest BCUT2D eigenvalue weighted by Gasteiger charge is 2.41. The van der Waals surface area contributed by atoms with Crippen molar-refractivity contribution >= 4 is 11.8 Å². The highest BCUT2D eigenvalue weighted by molar-refractivity contribution is 5.82. The third-order valence-corrected chi connectivity index (χ3v) is 5.97. The molecule has 0 unspecified atom stereocenters. The molecule has 2 amide bonds. The van der Waals surface area contributed by atoms with Gasteiger partial charge in [-0.1, -0.05) is 13.8 Å². The van der Waals surface area contributed by atoms with Crippen molar-refractivity contribution in [3.63, 3.8) is 0 Å². The Labute approximate surface area is 134 Å². The van der Waals surface area contributed by atoms with Crippen LogP contribution >= 0.6 is 0 Å². The van der Waals surface area contributed by atoms with Crippen LogP contribution < -0.4 is 5.32 Å². The molecule has 0 aromatic heterocycles. The van der Waals surface area contributed by atoms with Gasteiger partial charge in [-0.2, -0.15) is 0 Å². The molecular weight excluding hydrogens is 276 g/mol. The zero-order chi connectivity index (χ0) is 15.9. The summed E-state index contributed by atoms with van der Waals surface area (Å²) in [7, 11) is 1.95. The molecule has 0 aromatic carbocycles. The van der Waals surface area contributed by atoms with Crippen LogP contribution in [0.2, 0.25) is 0 Å². The van der Waals surface area contributed by atoms with E-state index >= 15 is 0 Å². The average molecular weight is 306 g/mol. The lowest BCUT2D eigenvalue weighted by molar-refractivity contribution is -0.132. The van der Waals surface area contributed by atoms with E-state index in [9.17, 15) is 9.59 Å². The van der Waals surface area contributed by atoms with E-state index in [0.29, 0.717) is 35.6 Å². The lowest BCUT2D eigenvalue weighted by Crippen LogP contribution is -2.41. The molecule has 22 heavy (non-hydrogen) atoms. The summed E-state index contributed by atoms with van der Waals surface area (Å²) in [6.45, 7) is 5.20. The Balaban J connectivity index is 1.36. The minimum Gasteiger partial charge on any atom is -0.353 e. The maximum Gasteiger partial charge on any atom is 0.225 e. The van der Waals surface area contributed by atoms with E-state index in [4.69, 9.17) is 0 Å². The van der Waals surface area contributed by atoms with E-state index in [1.54, 1.807) is 0 Å². The zero-order valence-corrected chi connectivity index (χ0v) is 14.2. The first-order valence-corrected chi connectivity index (χ1v) is 9.01. The molecule has 3 fully saturated rings. The summed E-state index contributed by atoms with van der Waals surface area (Å²) in [5, 5.41) is 3.22. The summed E-state index contributed by atoms with van der Waals surface area (Å²) in [6, 6.07) is 0.362. The number of nitrogens with zero attached hydrogens (tertiary/aromatic N) is 1. The molecule has 0 saturated heterocycles. The zero-order valence-electron chi connectivity index (χ0n) is 14.2. The first-order chi connectivity index (χ1) is 10.5. The van der Waals surface area contributed by atoms with Crippen LogP contribution in [0.1, 0.15) is 52.4 Å². The smallest absolute Gasteiger partial charge is 0.225 e. The summed E-state index contributed by atoms with van der Waals surface area (Å²) in [4.78, 5) is 26.1. The standard InChI is InChI=1S/C18H30N2O2/c1-11-8-15(11)17(21)19-14-6-4-13(5-7-14)10-20(3)18(22)16-9-12(16)2/h11-16H,4-10H2,1-3H3,(H,19,21)/t11-,12+,13?,14?,15+,16+/m1/s1. The van der Waals surface area contributed by atoms with Gasteiger partial charge in [0, 0.05) is 31.5 Å². The Morgan fingerprint density at radius 2 is 1.55 bits per heavy atom. The van der Waals surface area contributed by atoms with Crippen LogP contribution in [0, 0.1) is 29.6 Å². The Morgan fingerprint density at radius 3 is 2.05 bits per heavy atom. The maximum absolute atomic E-state index is 12.2. The molecule has 124 valence electrons. The summed E-state index contributed by atoms with van der Waals surface area (Å²) in [5.41, 5.74) is 0. The number of carbonyl (C=O) groups excluding carboxylic acids is 2. The van der Waals surface area contributed by atoms with Gasteiger partial charge in [0.05, 0.1) is 0 Å². The molecule has 4 atom stereocenters. The van der Waals surface area contributed by atoms with E-state index in [-0.39, 0.29) is 11.8 Å². The molecular formula is C18H30N2O2. The van der Waals surface area contributed by atoms with Crippen molar-refractivity contribution in [1.82, 2.24) is 10.2 Å². The second kappa shape index (κ2) is 6.21. The van der Waals surface area contributed by atoms with Crippen LogP contribution in [0.25, 0.3) is 0 Å². The van der Waals surface area contributed by atoms with Crippen LogP contribution in [-0.2, 0) is 9.59 Å². The van der Waals surface area contributed by atoms with Gasteiger partial charge in [-0.3, -0.25) is 9.59 Å². The van der Waals surface area contributed by atoms with Crippen molar-refractivity contribution < 1.29 is 9.59 Å². The predicted molar refractivity (Wildman–Crippen MR) is 86.1 cm³/mol. The van der Waals surface area contributed by atoms with Crippen LogP contribution in [0.5, 0.6) is 0 Å². The molecule has 4 heteroatoms. The number of rotatable bonds is 5. The average Bonchev–Trinajstić information content (AvgIpc) is 3.38. The van der Waals surface area contributed by atoms with Gasteiger partial charge < -0.3 is 10.2 Å². The lowest BCUT2D eigenvalue weighted by Gasteiger charge is -2.32. The molecule has 4 nitrogen and oxygen atoms in total. The first kappa shape index (κ1) is 15.8. The van der Waals surface area contributed by atoms with Crippen LogP contribution in [0.4, 0.5) is 0 Å². The molecule has 0 radical (unpaired) electrons. The van der Waals surface area contributed by atoms with E-state index in [2.05, 4.69) is 19.2 Å². The Kier molecular flexibility index (Phi) is 4.47. The van der Waals surface area contributed by atoms with Crippen molar-refractivity contribution in [2.24, 2.45) is 29.6 Å². The van der Waals surface area contributed by atoms with Crippen molar-refractivity contribution in [2.75, 3.05) is 13.6 Å². The minimum atomic E-state index is 0.269. The highest BCUT2D eigenvalue weighted by atomic mass is 16.2. The number of carbonyl (C=O) groups is 2. The second-order valence-corrected chi connectivity index (χ2v) is 8.08. The summed E-state index contributed by atoms with van der Waals surface area (Å²) < 4.78 is 0. The summed E-state index contributed by atoms with van der Waals surface area (Å²) in [6.07, 6.45) is 6.53. The van der Waals surface area contributed by atoms with Crippen molar-refractivity contribution in [2.45, 2.75) is 58.4 Å². The lowest BCUT2D eigenvalue weighted by atomic mass is 9.85. The Morgan fingerprint density at radius 1 is 1.00 bits per heavy atom. The molecule has 0 bridgehead atoms. The number of hydrogen-bond donors (Lipinski definition) is 1. The molecule has 3 rings (SSSR count). The summed E-state index contributed by atoms with van der Waals surface area (Å²) >= 11 is 0. The van der Waals surface area contributed by atoms with Crippen molar-refractivity contribution in [3.05, 3.63) is 0 Å². The van der Waals surface area contributed by atoms with Gasteiger partial charge in [0.25, 0.3) is 0 Å². The Hall–Kier alpha value is -1.06. The minimum absolute atomic E-state index is 0.269. The topological polar surface area (TPSA) is 49.4 Å². The molecule has 3 aliphatic carbocycles. The number of amides is 2.